The lowest BCUT2D eigenvalue weighted by Gasteiger charge is -2.20. The number of carbonyl (C=O) groups excluding carboxylic acids is 1. The van der Waals surface area contributed by atoms with Crippen molar-refractivity contribution in [2.45, 2.75) is 38.7 Å². The van der Waals surface area contributed by atoms with Gasteiger partial charge in [0.05, 0.1) is 29.5 Å². The fraction of sp³-hybridized carbons (Fsp3) is 0.250. The SMILES string of the molecule is C[C@@H]1CCCC(c2coc(-c3cc(Cl)ccc3-n3cnnn3)cc2=O)c2cc(ccn2)-c2c(cnn2C(F)F)NC1=O. The Balaban J connectivity index is 1.45. The van der Waals surface area contributed by atoms with Crippen molar-refractivity contribution in [2.75, 3.05) is 5.32 Å². The van der Waals surface area contributed by atoms with Crippen molar-refractivity contribution < 1.29 is 18.0 Å². The molecule has 1 aromatic carbocycles. The predicted octanol–water partition coefficient (Wildman–Crippen LogP) is 5.48. The molecule has 6 rings (SSSR count). The lowest BCUT2D eigenvalue weighted by atomic mass is 9.88. The van der Waals surface area contributed by atoms with Crippen LogP contribution in [0.5, 0.6) is 0 Å². The molecule has 0 saturated heterocycles. The Hall–Kier alpha value is -4.78. The molecular weight excluding hydrogens is 570 g/mol. The van der Waals surface area contributed by atoms with Crippen LogP contribution >= 0.6 is 11.6 Å². The molecule has 1 unspecified atom stereocenters. The topological polar surface area (TPSA) is 134 Å². The number of pyridine rings is 1. The number of halogens is 3. The zero-order valence-corrected chi connectivity index (χ0v) is 22.9. The highest BCUT2D eigenvalue weighted by Crippen LogP contribution is 2.36. The van der Waals surface area contributed by atoms with E-state index in [1.54, 1.807) is 37.3 Å². The number of amides is 1. The van der Waals surface area contributed by atoms with Gasteiger partial charge >= 0.3 is 6.55 Å². The van der Waals surface area contributed by atoms with Crippen LogP contribution in [0.15, 0.2) is 70.6 Å². The van der Waals surface area contributed by atoms with Crippen LogP contribution in [0, 0.1) is 5.92 Å². The summed E-state index contributed by atoms with van der Waals surface area (Å²) in [6.07, 6.45) is 7.05. The molecule has 1 N–H and O–H groups in total. The Labute approximate surface area is 242 Å². The summed E-state index contributed by atoms with van der Waals surface area (Å²) in [4.78, 5) is 31.0. The van der Waals surface area contributed by atoms with E-state index in [2.05, 4.69) is 30.9 Å². The Morgan fingerprint density at radius 3 is 2.76 bits per heavy atom. The normalized spacial score (nSPS) is 17.3. The molecular formula is C28H23ClF2N8O3. The average Bonchev–Trinajstić information content (AvgIpc) is 3.66. The minimum absolute atomic E-state index is 0.0481. The number of benzene rings is 1. The number of nitrogens with one attached hydrogen (secondary N) is 1. The molecule has 214 valence electrons. The largest absolute Gasteiger partial charge is 0.464 e. The highest BCUT2D eigenvalue weighted by Gasteiger charge is 2.27. The van der Waals surface area contributed by atoms with Crippen molar-refractivity contribution in [3.8, 4) is 28.3 Å². The molecule has 1 amide bonds. The maximum Gasteiger partial charge on any atom is 0.333 e. The molecule has 42 heavy (non-hydrogen) atoms. The summed E-state index contributed by atoms with van der Waals surface area (Å²) in [5.74, 6) is -0.997. The van der Waals surface area contributed by atoms with E-state index in [-0.39, 0.29) is 28.5 Å². The van der Waals surface area contributed by atoms with Gasteiger partial charge in [0.2, 0.25) is 5.91 Å². The highest BCUT2D eigenvalue weighted by atomic mass is 35.5. The third kappa shape index (κ3) is 5.18. The van der Waals surface area contributed by atoms with Gasteiger partial charge in [-0.15, -0.1) is 5.10 Å². The fourth-order valence-electron chi connectivity index (χ4n) is 5.15. The summed E-state index contributed by atoms with van der Waals surface area (Å²) in [5, 5.41) is 18.2. The first-order valence-electron chi connectivity index (χ1n) is 13.1. The molecule has 0 spiro atoms. The Kier molecular flexibility index (Phi) is 7.33. The molecule has 2 bridgehead atoms. The first-order chi connectivity index (χ1) is 20.3. The second kappa shape index (κ2) is 11.2. The average molecular weight is 593 g/mol. The van der Waals surface area contributed by atoms with Crippen molar-refractivity contribution in [3.63, 3.8) is 0 Å². The van der Waals surface area contributed by atoms with Crippen LogP contribution in [-0.2, 0) is 4.79 Å². The van der Waals surface area contributed by atoms with E-state index in [0.717, 1.165) is 0 Å². The van der Waals surface area contributed by atoms with Crippen LogP contribution in [0.25, 0.3) is 28.3 Å². The number of tetrazole rings is 1. The lowest BCUT2D eigenvalue weighted by Crippen LogP contribution is -2.22. The number of aromatic nitrogens is 7. The molecule has 11 nitrogen and oxygen atoms in total. The van der Waals surface area contributed by atoms with E-state index in [1.165, 1.54) is 35.7 Å². The second-order valence-electron chi connectivity index (χ2n) is 9.95. The number of nitrogens with zero attached hydrogens (tertiary/aromatic N) is 7. The molecule has 5 aromatic rings. The first-order valence-corrected chi connectivity index (χ1v) is 13.5. The summed E-state index contributed by atoms with van der Waals surface area (Å²) >= 11 is 6.26. The number of anilines is 1. The van der Waals surface area contributed by atoms with E-state index in [9.17, 15) is 18.4 Å². The summed E-state index contributed by atoms with van der Waals surface area (Å²) in [7, 11) is 0. The van der Waals surface area contributed by atoms with Crippen LogP contribution in [0.3, 0.4) is 0 Å². The van der Waals surface area contributed by atoms with E-state index < -0.39 is 18.4 Å². The molecule has 0 fully saturated rings. The molecule has 1 aliphatic rings. The number of alkyl halides is 2. The quantitative estimate of drug-likeness (QED) is 0.290. The highest BCUT2D eigenvalue weighted by molar-refractivity contribution is 6.31. The number of fused-ring (bicyclic) bond motifs is 4. The van der Waals surface area contributed by atoms with Crippen molar-refractivity contribution in [1.82, 2.24) is 35.0 Å². The maximum atomic E-state index is 13.9. The molecule has 0 aliphatic carbocycles. The van der Waals surface area contributed by atoms with Gasteiger partial charge in [-0.1, -0.05) is 24.9 Å². The van der Waals surface area contributed by atoms with Gasteiger partial charge in [0.1, 0.15) is 12.1 Å². The standard InChI is InChI=1S/C28H23ClF2N8O3/c1-15-3-2-4-18(21-9-16(7-8-32-21)26-22(35-27(15)41)12-34-39(26)28(30)31)20-13-42-25(11-24(20)40)19-10-17(29)5-6-23(19)38-14-33-36-37-38/h5-15,18,28H,2-4H2,1H3,(H,35,41)/t15-,18?/m1/s1. The summed E-state index contributed by atoms with van der Waals surface area (Å²) in [5.41, 5.74) is 2.18. The predicted molar refractivity (Wildman–Crippen MR) is 148 cm³/mol. The van der Waals surface area contributed by atoms with Gasteiger partial charge in [-0.3, -0.25) is 14.6 Å². The van der Waals surface area contributed by atoms with Crippen molar-refractivity contribution in [2.24, 2.45) is 5.92 Å². The van der Waals surface area contributed by atoms with Gasteiger partial charge in [-0.2, -0.15) is 18.6 Å². The molecule has 14 heteroatoms. The minimum atomic E-state index is -2.94. The van der Waals surface area contributed by atoms with E-state index in [1.807, 2.05) is 0 Å². The van der Waals surface area contributed by atoms with Crippen LogP contribution in [0.4, 0.5) is 14.5 Å². The van der Waals surface area contributed by atoms with Crippen molar-refractivity contribution >= 4 is 23.2 Å². The summed E-state index contributed by atoms with van der Waals surface area (Å²) in [6, 6.07) is 9.60. The van der Waals surface area contributed by atoms with Crippen molar-refractivity contribution in [1.29, 1.82) is 0 Å². The van der Waals surface area contributed by atoms with Crippen LogP contribution in [0.1, 0.15) is 49.9 Å². The van der Waals surface area contributed by atoms with Gasteiger partial charge in [0.25, 0.3) is 0 Å². The maximum absolute atomic E-state index is 13.9. The zero-order chi connectivity index (χ0) is 29.4. The molecule has 2 atom stereocenters. The second-order valence-corrected chi connectivity index (χ2v) is 10.4. The molecule has 0 saturated carbocycles. The van der Waals surface area contributed by atoms with Gasteiger partial charge in [0, 0.05) is 51.5 Å². The molecule has 5 heterocycles. The fourth-order valence-corrected chi connectivity index (χ4v) is 5.32. The van der Waals surface area contributed by atoms with E-state index >= 15 is 0 Å². The lowest BCUT2D eigenvalue weighted by molar-refractivity contribution is -0.119. The van der Waals surface area contributed by atoms with Crippen LogP contribution in [0.2, 0.25) is 5.02 Å². The molecule has 0 radical (unpaired) electrons. The Morgan fingerprint density at radius 1 is 1.14 bits per heavy atom. The summed E-state index contributed by atoms with van der Waals surface area (Å²) in [6.45, 7) is -1.17. The van der Waals surface area contributed by atoms with Gasteiger partial charge < -0.3 is 9.73 Å². The zero-order valence-electron chi connectivity index (χ0n) is 22.1. The number of carbonyl (C=O) groups is 1. The van der Waals surface area contributed by atoms with Crippen LogP contribution in [-0.4, -0.2) is 40.9 Å². The Bertz CT molecular complexity index is 1820. The van der Waals surface area contributed by atoms with E-state index in [4.69, 9.17) is 16.0 Å². The molecule has 4 aromatic heterocycles. The number of hydrogen-bond acceptors (Lipinski definition) is 8. The minimum Gasteiger partial charge on any atom is -0.464 e. The Morgan fingerprint density at radius 2 is 2.00 bits per heavy atom. The van der Waals surface area contributed by atoms with Crippen molar-refractivity contribution in [3.05, 3.63) is 87.9 Å². The summed E-state index contributed by atoms with van der Waals surface area (Å²) < 4.78 is 35.8. The van der Waals surface area contributed by atoms with Crippen LogP contribution < -0.4 is 10.7 Å². The van der Waals surface area contributed by atoms with Gasteiger partial charge in [0.15, 0.2) is 5.43 Å². The van der Waals surface area contributed by atoms with Gasteiger partial charge in [-0.25, -0.2) is 4.68 Å². The van der Waals surface area contributed by atoms with Gasteiger partial charge in [-0.05, 0) is 53.6 Å². The molecule has 1 aliphatic heterocycles. The number of rotatable bonds is 4. The first kappa shape index (κ1) is 27.4. The third-order valence-corrected chi connectivity index (χ3v) is 7.52. The smallest absolute Gasteiger partial charge is 0.333 e. The monoisotopic (exact) mass is 592 g/mol. The number of hydrogen-bond donors (Lipinski definition) is 1. The van der Waals surface area contributed by atoms with E-state index in [0.29, 0.717) is 57.0 Å². The third-order valence-electron chi connectivity index (χ3n) is 7.28.